The molecular formula is C8H9FO3S. The molecule has 13 heavy (non-hydrogen) atoms. The van der Waals surface area contributed by atoms with Gasteiger partial charge in [0.15, 0.2) is 0 Å². The van der Waals surface area contributed by atoms with Crippen LogP contribution in [0.5, 0.6) is 0 Å². The molecule has 0 heterocycles. The number of rotatable bonds is 4. The van der Waals surface area contributed by atoms with Crippen molar-refractivity contribution in [2.45, 2.75) is 5.75 Å². The van der Waals surface area contributed by atoms with Gasteiger partial charge in [0.25, 0.3) is 10.1 Å². The monoisotopic (exact) mass is 203 g/mol. The molecule has 0 aliphatic heterocycles. The van der Waals surface area contributed by atoms with Gasteiger partial charge in [0.05, 0.1) is 0 Å². The molecule has 0 saturated carbocycles. The Balaban J connectivity index is 2.70. The van der Waals surface area contributed by atoms with Crippen molar-refractivity contribution in [3.05, 3.63) is 35.9 Å². The van der Waals surface area contributed by atoms with E-state index in [1.165, 1.54) is 0 Å². The summed E-state index contributed by atoms with van der Waals surface area (Å²) >= 11 is 0. The molecule has 0 bridgehead atoms. The van der Waals surface area contributed by atoms with Crippen LogP contribution >= 0.6 is 0 Å². The largest absolute Gasteiger partial charge is 0.274 e. The molecule has 1 aromatic carbocycles. The second-order valence-electron chi connectivity index (χ2n) is 2.41. The lowest BCUT2D eigenvalue weighted by Crippen LogP contribution is -2.07. The summed E-state index contributed by atoms with van der Waals surface area (Å²) in [6, 6.07) is 8.46. The van der Waals surface area contributed by atoms with Crippen molar-refractivity contribution in [2.24, 2.45) is 0 Å². The van der Waals surface area contributed by atoms with Crippen LogP contribution in [0.25, 0.3) is 0 Å². The van der Waals surface area contributed by atoms with Crippen molar-refractivity contribution in [1.29, 1.82) is 0 Å². The Kier molecular flexibility index (Phi) is 3.39. The van der Waals surface area contributed by atoms with E-state index < -0.39 is 17.0 Å². The minimum atomic E-state index is -3.76. The van der Waals surface area contributed by atoms with Gasteiger partial charge in [0.1, 0.15) is 5.75 Å². The highest BCUT2D eigenvalue weighted by Crippen LogP contribution is 2.06. The van der Waals surface area contributed by atoms with Gasteiger partial charge >= 0.3 is 0 Å². The standard InChI is InChI=1S/C8H9FO3S/c9-7-12-13(10,11)6-8-4-2-1-3-5-8/h1-5H,6-7H2/i9-1. The first-order chi connectivity index (χ1) is 6.14. The lowest BCUT2D eigenvalue weighted by atomic mass is 10.2. The summed E-state index contributed by atoms with van der Waals surface area (Å²) in [5, 5.41) is 0. The normalized spacial score (nSPS) is 11.5. The van der Waals surface area contributed by atoms with Gasteiger partial charge < -0.3 is 0 Å². The summed E-state index contributed by atoms with van der Waals surface area (Å²) < 4.78 is 37.4. The van der Waals surface area contributed by atoms with Gasteiger partial charge in [-0.05, 0) is 5.56 Å². The molecule has 1 rings (SSSR count). The maximum atomic E-state index is 11.6. The van der Waals surface area contributed by atoms with Gasteiger partial charge in [0, 0.05) is 0 Å². The molecule has 0 fully saturated rings. The number of benzene rings is 1. The average Bonchev–Trinajstić information content (AvgIpc) is 2.04. The lowest BCUT2D eigenvalue weighted by molar-refractivity contribution is 0.198. The van der Waals surface area contributed by atoms with Crippen LogP contribution in [-0.2, 0) is 20.1 Å². The van der Waals surface area contributed by atoms with Crippen LogP contribution in [0, 0.1) is 0 Å². The molecule has 0 amide bonds. The van der Waals surface area contributed by atoms with E-state index in [0.717, 1.165) is 0 Å². The van der Waals surface area contributed by atoms with E-state index in [2.05, 4.69) is 4.18 Å². The van der Waals surface area contributed by atoms with E-state index in [9.17, 15) is 12.8 Å². The van der Waals surface area contributed by atoms with E-state index in [4.69, 9.17) is 0 Å². The van der Waals surface area contributed by atoms with Crippen LogP contribution in [0.2, 0.25) is 0 Å². The van der Waals surface area contributed by atoms with Crippen molar-refractivity contribution >= 4 is 10.1 Å². The Morgan fingerprint density at radius 2 is 1.85 bits per heavy atom. The molecular weight excluding hydrogens is 194 g/mol. The van der Waals surface area contributed by atoms with Gasteiger partial charge in [-0.2, -0.15) is 8.42 Å². The van der Waals surface area contributed by atoms with Crippen LogP contribution in [0.1, 0.15) is 5.56 Å². The zero-order chi connectivity index (χ0) is 9.73. The van der Waals surface area contributed by atoms with Gasteiger partial charge in [-0.15, -0.1) is 0 Å². The molecule has 3 nitrogen and oxygen atoms in total. The van der Waals surface area contributed by atoms with Crippen molar-refractivity contribution in [2.75, 3.05) is 6.86 Å². The van der Waals surface area contributed by atoms with Crippen molar-refractivity contribution in [1.82, 2.24) is 0 Å². The first-order valence-corrected chi connectivity index (χ1v) is 5.19. The molecule has 0 atom stereocenters. The summed E-state index contributed by atoms with van der Waals surface area (Å²) in [6.45, 7) is -1.31. The fraction of sp³-hybridized carbons (Fsp3) is 0.250. The van der Waals surface area contributed by atoms with Gasteiger partial charge in [-0.25, -0.2) is 8.57 Å². The SMILES string of the molecule is O=S(=O)(Cc1ccccc1)OC[18F]. The van der Waals surface area contributed by atoms with E-state index in [1.807, 2.05) is 0 Å². The molecule has 0 saturated heterocycles. The molecule has 5 heteroatoms. The van der Waals surface area contributed by atoms with Gasteiger partial charge in [-0.3, -0.25) is 0 Å². The zero-order valence-corrected chi connectivity index (χ0v) is 7.63. The minimum absolute atomic E-state index is 0.294. The smallest absolute Gasteiger partial charge is 0.236 e. The highest BCUT2D eigenvalue weighted by molar-refractivity contribution is 7.85. The Labute approximate surface area is 76.3 Å². The van der Waals surface area contributed by atoms with Crippen LogP contribution < -0.4 is 0 Å². The highest BCUT2D eigenvalue weighted by atomic mass is 32.2. The van der Waals surface area contributed by atoms with E-state index >= 15 is 0 Å². The molecule has 0 aromatic heterocycles. The van der Waals surface area contributed by atoms with Crippen LogP contribution in [0.3, 0.4) is 0 Å². The molecule has 0 aliphatic carbocycles. The summed E-state index contributed by atoms with van der Waals surface area (Å²) in [5.74, 6) is -0.294. The summed E-state index contributed by atoms with van der Waals surface area (Å²) in [6.07, 6.45) is 0. The van der Waals surface area contributed by atoms with Gasteiger partial charge in [0.2, 0.25) is 6.86 Å². The van der Waals surface area contributed by atoms with E-state index in [-0.39, 0.29) is 5.75 Å². The van der Waals surface area contributed by atoms with Crippen LogP contribution in [0.4, 0.5) is 4.39 Å². The Morgan fingerprint density at radius 3 is 2.38 bits per heavy atom. The highest BCUT2D eigenvalue weighted by Gasteiger charge is 2.11. The number of alkyl halides is 1. The number of hydrogen-bond donors (Lipinski definition) is 0. The first-order valence-electron chi connectivity index (χ1n) is 3.61. The molecule has 0 radical (unpaired) electrons. The fourth-order valence-electron chi connectivity index (χ4n) is 0.888. The lowest BCUT2D eigenvalue weighted by Gasteiger charge is -2.01. The third-order valence-corrected chi connectivity index (χ3v) is 2.55. The Hall–Kier alpha value is -0.940. The van der Waals surface area contributed by atoms with Crippen LogP contribution in [0.15, 0.2) is 30.3 Å². The van der Waals surface area contributed by atoms with Crippen LogP contribution in [-0.4, -0.2) is 15.3 Å². The minimum Gasteiger partial charge on any atom is -0.236 e. The topological polar surface area (TPSA) is 43.4 Å². The number of halogens is 1. The third kappa shape index (κ3) is 3.52. The van der Waals surface area contributed by atoms with E-state index in [1.54, 1.807) is 30.3 Å². The summed E-state index contributed by atoms with van der Waals surface area (Å²) in [4.78, 5) is 0. The maximum absolute atomic E-state index is 11.6. The van der Waals surface area contributed by atoms with Gasteiger partial charge in [-0.1, -0.05) is 30.3 Å². The van der Waals surface area contributed by atoms with Crippen molar-refractivity contribution in [3.8, 4) is 0 Å². The maximum Gasteiger partial charge on any atom is 0.274 e. The zero-order valence-electron chi connectivity index (χ0n) is 6.81. The van der Waals surface area contributed by atoms with E-state index in [0.29, 0.717) is 5.56 Å². The average molecular weight is 203 g/mol. The Bertz CT molecular complexity index is 347. The fourth-order valence-corrected chi connectivity index (χ4v) is 1.71. The molecule has 1 aromatic rings. The molecule has 0 unspecified atom stereocenters. The van der Waals surface area contributed by atoms with Crippen molar-refractivity contribution < 1.29 is 17.0 Å². The van der Waals surface area contributed by atoms with Crippen molar-refractivity contribution in [3.63, 3.8) is 0 Å². The number of hydrogen-bond acceptors (Lipinski definition) is 3. The molecule has 72 valence electrons. The molecule has 0 aliphatic rings. The first kappa shape index (κ1) is 10.1. The second-order valence-corrected chi connectivity index (χ2v) is 4.05. The predicted molar refractivity (Wildman–Crippen MR) is 46.1 cm³/mol. The summed E-state index contributed by atoms with van der Waals surface area (Å²) in [5.41, 5.74) is 0.580. The third-order valence-electron chi connectivity index (χ3n) is 1.41. The second kappa shape index (κ2) is 4.34. The predicted octanol–water partition coefficient (Wildman–Crippen LogP) is 1.46. The molecule has 0 N–H and O–H groups in total. The molecule has 0 spiro atoms. The summed E-state index contributed by atoms with van der Waals surface area (Å²) in [7, 11) is -3.76. The quantitative estimate of drug-likeness (QED) is 0.696. The Morgan fingerprint density at radius 1 is 1.23 bits per heavy atom.